The Bertz CT molecular complexity index is 280. The van der Waals surface area contributed by atoms with Crippen molar-refractivity contribution in [3.05, 3.63) is 30.1 Å². The molecule has 0 amide bonds. The highest BCUT2D eigenvalue weighted by molar-refractivity contribution is 5.03. The van der Waals surface area contributed by atoms with Crippen molar-refractivity contribution in [3.8, 4) is 0 Å². The number of rotatable bonds is 6. The molecule has 1 aromatic heterocycles. The van der Waals surface area contributed by atoms with E-state index in [-0.39, 0.29) is 0 Å². The Balaban J connectivity index is 1.80. The van der Waals surface area contributed by atoms with Crippen molar-refractivity contribution in [2.45, 2.75) is 45.2 Å². The molecule has 1 heterocycles. The normalized spacial score (nSPS) is 17.7. The molecule has 15 heavy (non-hydrogen) atoms. The lowest BCUT2D eigenvalue weighted by atomic mass is 10.1. The van der Waals surface area contributed by atoms with Crippen LogP contribution in [0.5, 0.6) is 0 Å². The third-order valence-corrected chi connectivity index (χ3v) is 3.06. The van der Waals surface area contributed by atoms with E-state index in [0.717, 1.165) is 24.2 Å². The zero-order valence-corrected chi connectivity index (χ0v) is 9.45. The first-order chi connectivity index (χ1) is 7.40. The lowest BCUT2D eigenvalue weighted by molar-refractivity contribution is 0.427. The summed E-state index contributed by atoms with van der Waals surface area (Å²) < 4.78 is 0. The highest BCUT2D eigenvalue weighted by Gasteiger charge is 2.29. The predicted molar refractivity (Wildman–Crippen MR) is 62.5 cm³/mol. The molecule has 0 bridgehead atoms. The quantitative estimate of drug-likeness (QED) is 0.770. The van der Waals surface area contributed by atoms with Gasteiger partial charge in [-0.3, -0.25) is 4.98 Å². The summed E-state index contributed by atoms with van der Waals surface area (Å²) >= 11 is 0. The van der Waals surface area contributed by atoms with Crippen molar-refractivity contribution in [1.29, 1.82) is 0 Å². The maximum absolute atomic E-state index is 4.33. The van der Waals surface area contributed by atoms with E-state index in [9.17, 15) is 0 Å². The van der Waals surface area contributed by atoms with Crippen LogP contribution in [0.25, 0.3) is 0 Å². The van der Waals surface area contributed by atoms with Crippen LogP contribution in [0.3, 0.4) is 0 Å². The maximum atomic E-state index is 4.33. The van der Waals surface area contributed by atoms with Gasteiger partial charge < -0.3 is 5.32 Å². The number of hydrogen-bond donors (Lipinski definition) is 1. The number of aromatic nitrogens is 1. The van der Waals surface area contributed by atoms with Crippen LogP contribution in [-0.2, 0) is 6.54 Å². The fourth-order valence-corrected chi connectivity index (χ4v) is 2.05. The lowest BCUT2D eigenvalue weighted by Crippen LogP contribution is -2.30. The topological polar surface area (TPSA) is 24.9 Å². The molecule has 1 atom stereocenters. The minimum Gasteiger partial charge on any atom is -0.308 e. The summed E-state index contributed by atoms with van der Waals surface area (Å²) in [5.74, 6) is 0.939. The van der Waals surface area contributed by atoms with Gasteiger partial charge in [0.2, 0.25) is 0 Å². The largest absolute Gasteiger partial charge is 0.308 e. The summed E-state index contributed by atoms with van der Waals surface area (Å²) in [6.45, 7) is 3.18. The molecule has 1 saturated carbocycles. The second-order valence-electron chi connectivity index (χ2n) is 4.43. The van der Waals surface area contributed by atoms with Crippen LogP contribution >= 0.6 is 0 Å². The Morgan fingerprint density at radius 3 is 2.93 bits per heavy atom. The van der Waals surface area contributed by atoms with Crippen LogP contribution in [0.4, 0.5) is 0 Å². The van der Waals surface area contributed by atoms with Crippen LogP contribution in [0.15, 0.2) is 24.4 Å². The van der Waals surface area contributed by atoms with Crippen molar-refractivity contribution >= 4 is 0 Å². The van der Waals surface area contributed by atoms with E-state index in [0.29, 0.717) is 0 Å². The van der Waals surface area contributed by atoms with E-state index < -0.39 is 0 Å². The van der Waals surface area contributed by atoms with Crippen LogP contribution in [0.2, 0.25) is 0 Å². The highest BCUT2D eigenvalue weighted by Crippen LogP contribution is 2.34. The van der Waals surface area contributed by atoms with Crippen LogP contribution in [0.1, 0.15) is 38.3 Å². The fraction of sp³-hybridized carbons (Fsp3) is 0.615. The molecule has 0 aliphatic heterocycles. The zero-order valence-electron chi connectivity index (χ0n) is 9.45. The molecule has 2 nitrogen and oxygen atoms in total. The van der Waals surface area contributed by atoms with Crippen LogP contribution in [-0.4, -0.2) is 11.0 Å². The molecule has 1 aromatic rings. The molecule has 1 unspecified atom stereocenters. The Kier molecular flexibility index (Phi) is 3.73. The Labute approximate surface area is 92.1 Å². The number of hydrogen-bond acceptors (Lipinski definition) is 2. The predicted octanol–water partition coefficient (Wildman–Crippen LogP) is 2.75. The van der Waals surface area contributed by atoms with Gasteiger partial charge in [-0.2, -0.15) is 0 Å². The van der Waals surface area contributed by atoms with Gasteiger partial charge in [0.15, 0.2) is 0 Å². The molecular formula is C13H20N2. The van der Waals surface area contributed by atoms with Gasteiger partial charge in [0.05, 0.1) is 5.69 Å². The van der Waals surface area contributed by atoms with E-state index in [4.69, 9.17) is 0 Å². The Hall–Kier alpha value is -0.890. The molecule has 0 saturated heterocycles. The van der Waals surface area contributed by atoms with Crippen molar-refractivity contribution < 1.29 is 0 Å². The standard InChI is InChI=1S/C13H20N2/c1-2-5-13(11-7-8-11)15-10-12-6-3-4-9-14-12/h3-4,6,9,11,13,15H,2,5,7-8,10H2,1H3. The van der Waals surface area contributed by atoms with E-state index in [2.05, 4.69) is 29.4 Å². The van der Waals surface area contributed by atoms with Crippen molar-refractivity contribution in [1.82, 2.24) is 10.3 Å². The monoisotopic (exact) mass is 204 g/mol. The first-order valence-electron chi connectivity index (χ1n) is 6.03. The molecule has 0 spiro atoms. The molecule has 82 valence electrons. The van der Waals surface area contributed by atoms with Crippen molar-refractivity contribution in [2.75, 3.05) is 0 Å². The van der Waals surface area contributed by atoms with Crippen molar-refractivity contribution in [2.24, 2.45) is 5.92 Å². The molecule has 1 aliphatic rings. The van der Waals surface area contributed by atoms with E-state index in [1.165, 1.54) is 25.7 Å². The van der Waals surface area contributed by atoms with Gasteiger partial charge in [-0.1, -0.05) is 19.4 Å². The molecule has 2 rings (SSSR count). The first-order valence-corrected chi connectivity index (χ1v) is 6.03. The summed E-state index contributed by atoms with van der Waals surface area (Å²) in [4.78, 5) is 4.33. The number of pyridine rings is 1. The molecule has 1 aliphatic carbocycles. The smallest absolute Gasteiger partial charge is 0.0541 e. The fourth-order valence-electron chi connectivity index (χ4n) is 2.05. The molecule has 0 aromatic carbocycles. The van der Waals surface area contributed by atoms with E-state index >= 15 is 0 Å². The highest BCUT2D eigenvalue weighted by atomic mass is 14.9. The molecule has 1 fully saturated rings. The van der Waals surface area contributed by atoms with Crippen LogP contribution in [0, 0.1) is 5.92 Å². The summed E-state index contributed by atoms with van der Waals surface area (Å²) in [5.41, 5.74) is 1.15. The first kappa shape index (κ1) is 10.6. The zero-order chi connectivity index (χ0) is 10.5. The summed E-state index contributed by atoms with van der Waals surface area (Å²) in [5, 5.41) is 3.64. The lowest BCUT2D eigenvalue weighted by Gasteiger charge is -2.16. The molecular weight excluding hydrogens is 184 g/mol. The number of nitrogens with one attached hydrogen (secondary N) is 1. The van der Waals surface area contributed by atoms with Gasteiger partial charge in [0.1, 0.15) is 0 Å². The second-order valence-corrected chi connectivity index (χ2v) is 4.43. The number of nitrogens with zero attached hydrogens (tertiary/aromatic N) is 1. The Morgan fingerprint density at radius 1 is 1.47 bits per heavy atom. The maximum Gasteiger partial charge on any atom is 0.0541 e. The van der Waals surface area contributed by atoms with Crippen LogP contribution < -0.4 is 5.32 Å². The SMILES string of the molecule is CCCC(NCc1ccccn1)C1CC1. The third-order valence-electron chi connectivity index (χ3n) is 3.06. The van der Waals surface area contributed by atoms with E-state index in [1.807, 2.05) is 12.3 Å². The van der Waals surface area contributed by atoms with Gasteiger partial charge >= 0.3 is 0 Å². The Morgan fingerprint density at radius 2 is 2.33 bits per heavy atom. The van der Waals surface area contributed by atoms with Crippen molar-refractivity contribution in [3.63, 3.8) is 0 Å². The van der Waals surface area contributed by atoms with Gasteiger partial charge in [0, 0.05) is 18.8 Å². The molecule has 0 radical (unpaired) electrons. The summed E-state index contributed by atoms with van der Waals surface area (Å²) in [6, 6.07) is 6.82. The third kappa shape index (κ3) is 3.31. The average molecular weight is 204 g/mol. The minimum absolute atomic E-state index is 0.719. The average Bonchev–Trinajstić information content (AvgIpc) is 3.09. The molecule has 2 heteroatoms. The van der Waals surface area contributed by atoms with Gasteiger partial charge in [-0.15, -0.1) is 0 Å². The van der Waals surface area contributed by atoms with E-state index in [1.54, 1.807) is 0 Å². The van der Waals surface area contributed by atoms with Gasteiger partial charge in [-0.05, 0) is 37.3 Å². The van der Waals surface area contributed by atoms with Gasteiger partial charge in [0.25, 0.3) is 0 Å². The summed E-state index contributed by atoms with van der Waals surface area (Å²) in [6.07, 6.45) is 7.27. The van der Waals surface area contributed by atoms with Gasteiger partial charge in [-0.25, -0.2) is 0 Å². The molecule has 1 N–H and O–H groups in total. The summed E-state index contributed by atoms with van der Waals surface area (Å²) in [7, 11) is 0. The second kappa shape index (κ2) is 5.26. The minimum atomic E-state index is 0.719.